The predicted octanol–water partition coefficient (Wildman–Crippen LogP) is 2.15. The van der Waals surface area contributed by atoms with E-state index in [1.165, 1.54) is 0 Å². The highest BCUT2D eigenvalue weighted by Crippen LogP contribution is 2.28. The first-order valence-electron chi connectivity index (χ1n) is 8.84. The number of aryl methyl sites for hydroxylation is 1. The molecule has 0 bridgehead atoms. The van der Waals surface area contributed by atoms with Crippen molar-refractivity contribution in [3.63, 3.8) is 0 Å². The average Bonchev–Trinajstić information content (AvgIpc) is 3.10. The molecule has 1 atom stereocenters. The molecule has 8 heteroatoms. The van der Waals surface area contributed by atoms with Crippen molar-refractivity contribution in [2.24, 2.45) is 0 Å². The Morgan fingerprint density at radius 1 is 1.22 bits per heavy atom. The first-order valence-corrected chi connectivity index (χ1v) is 8.84. The first-order chi connectivity index (χ1) is 13.0. The molecule has 1 fully saturated rings. The fraction of sp³-hybridized carbons (Fsp3) is 0.316. The van der Waals surface area contributed by atoms with Gasteiger partial charge in [-0.25, -0.2) is 9.78 Å². The highest BCUT2D eigenvalue weighted by atomic mass is 16.4. The minimum atomic E-state index is -0.946. The number of carboxylic acid groups (broad SMARTS) is 1. The molecule has 1 aliphatic rings. The number of likely N-dealkylation sites (tertiary alicyclic amines) is 1. The van der Waals surface area contributed by atoms with E-state index < -0.39 is 5.97 Å². The van der Waals surface area contributed by atoms with Gasteiger partial charge in [-0.1, -0.05) is 12.1 Å². The van der Waals surface area contributed by atoms with Crippen LogP contribution in [-0.4, -0.2) is 54.6 Å². The molecular formula is C19H19N5O3. The number of hydrogen-bond acceptors (Lipinski definition) is 5. The second-order valence-electron chi connectivity index (χ2n) is 6.78. The molecule has 0 aliphatic carbocycles. The zero-order valence-corrected chi connectivity index (χ0v) is 14.9. The molecule has 1 saturated heterocycles. The summed E-state index contributed by atoms with van der Waals surface area (Å²) >= 11 is 0. The van der Waals surface area contributed by atoms with Gasteiger partial charge in [0.05, 0.1) is 5.56 Å². The Balaban J connectivity index is 1.58. The number of hydrogen-bond donors (Lipinski definition) is 1. The molecule has 27 heavy (non-hydrogen) atoms. The highest BCUT2D eigenvalue weighted by Gasteiger charge is 2.28. The summed E-state index contributed by atoms with van der Waals surface area (Å²) in [5.41, 5.74) is 2.02. The lowest BCUT2D eigenvalue weighted by atomic mass is 9.89. The number of rotatable bonds is 3. The molecule has 0 spiro atoms. The third-order valence-corrected chi connectivity index (χ3v) is 4.92. The lowest BCUT2D eigenvalue weighted by Crippen LogP contribution is -2.40. The number of benzene rings is 1. The number of nitrogens with zero attached hydrogens (tertiary/aromatic N) is 5. The monoisotopic (exact) mass is 365 g/mol. The number of amides is 1. The molecule has 8 nitrogen and oxygen atoms in total. The number of carboxylic acids is 1. The van der Waals surface area contributed by atoms with E-state index in [1.807, 2.05) is 19.1 Å². The van der Waals surface area contributed by atoms with E-state index in [0.29, 0.717) is 18.9 Å². The lowest BCUT2D eigenvalue weighted by Gasteiger charge is -2.32. The number of piperidine rings is 1. The third kappa shape index (κ3) is 3.25. The van der Waals surface area contributed by atoms with E-state index in [1.54, 1.807) is 33.7 Å². The molecule has 1 aliphatic heterocycles. The van der Waals surface area contributed by atoms with Crippen LogP contribution in [0.3, 0.4) is 0 Å². The van der Waals surface area contributed by atoms with Crippen molar-refractivity contribution >= 4 is 17.7 Å². The number of aromatic carboxylic acids is 1. The van der Waals surface area contributed by atoms with Crippen LogP contribution in [-0.2, 0) is 0 Å². The summed E-state index contributed by atoms with van der Waals surface area (Å²) in [6, 6.07) is 8.75. The fourth-order valence-corrected chi connectivity index (χ4v) is 3.52. The van der Waals surface area contributed by atoms with E-state index >= 15 is 0 Å². The second-order valence-corrected chi connectivity index (χ2v) is 6.78. The van der Waals surface area contributed by atoms with Gasteiger partial charge in [0.25, 0.3) is 11.7 Å². The Morgan fingerprint density at radius 2 is 2.07 bits per heavy atom. The third-order valence-electron chi connectivity index (χ3n) is 4.92. The fourth-order valence-electron chi connectivity index (χ4n) is 3.52. The van der Waals surface area contributed by atoms with Gasteiger partial charge in [0.15, 0.2) is 0 Å². The molecule has 1 aromatic carbocycles. The maximum Gasteiger partial charge on any atom is 0.335 e. The summed E-state index contributed by atoms with van der Waals surface area (Å²) in [7, 11) is 0. The van der Waals surface area contributed by atoms with Crippen LogP contribution >= 0.6 is 0 Å². The lowest BCUT2D eigenvalue weighted by molar-refractivity contribution is 0.0682. The maximum absolute atomic E-state index is 13.0. The van der Waals surface area contributed by atoms with Crippen LogP contribution in [0.2, 0.25) is 0 Å². The molecule has 0 radical (unpaired) electrons. The van der Waals surface area contributed by atoms with Crippen molar-refractivity contribution in [3.8, 4) is 0 Å². The summed E-state index contributed by atoms with van der Waals surface area (Å²) in [5, 5.41) is 17.2. The van der Waals surface area contributed by atoms with Crippen molar-refractivity contribution in [1.82, 2.24) is 24.5 Å². The Kier molecular flexibility index (Phi) is 4.31. The molecule has 138 valence electrons. The minimum absolute atomic E-state index is 0.0987. The minimum Gasteiger partial charge on any atom is -0.478 e. The van der Waals surface area contributed by atoms with E-state index in [4.69, 9.17) is 0 Å². The van der Waals surface area contributed by atoms with E-state index in [2.05, 4.69) is 15.2 Å². The van der Waals surface area contributed by atoms with Gasteiger partial charge < -0.3 is 10.0 Å². The summed E-state index contributed by atoms with van der Waals surface area (Å²) in [6.07, 6.45) is 3.51. The van der Waals surface area contributed by atoms with Crippen molar-refractivity contribution in [2.75, 3.05) is 13.1 Å². The smallest absolute Gasteiger partial charge is 0.335 e. The zero-order valence-electron chi connectivity index (χ0n) is 14.9. The van der Waals surface area contributed by atoms with E-state index in [0.717, 1.165) is 24.1 Å². The summed E-state index contributed by atoms with van der Waals surface area (Å²) in [5.74, 6) is -0.384. The predicted molar refractivity (Wildman–Crippen MR) is 96.8 cm³/mol. The standard InChI is InChI=1S/C19H19N5O3/c1-12-7-9-24-16(21-22-19(24)20-12)17(25)23-8-3-6-15(11-23)13-4-2-5-14(10-13)18(26)27/h2,4-5,7,9-10,15H,3,6,8,11H2,1H3,(H,26,27). The van der Waals surface area contributed by atoms with Crippen LogP contribution in [0.15, 0.2) is 36.5 Å². The van der Waals surface area contributed by atoms with Crippen molar-refractivity contribution in [2.45, 2.75) is 25.7 Å². The number of carbonyl (C=O) groups excluding carboxylic acids is 1. The van der Waals surface area contributed by atoms with Gasteiger partial charge in [-0.3, -0.25) is 9.20 Å². The van der Waals surface area contributed by atoms with Gasteiger partial charge >= 0.3 is 5.97 Å². The van der Waals surface area contributed by atoms with Crippen molar-refractivity contribution < 1.29 is 14.7 Å². The SMILES string of the molecule is Cc1ccn2c(C(=O)N3CCCC(c4cccc(C(=O)O)c4)C3)nnc2n1. The van der Waals surface area contributed by atoms with Gasteiger partial charge in [0.1, 0.15) is 0 Å². The normalized spacial score (nSPS) is 17.2. The Labute approximate surface area is 155 Å². The maximum atomic E-state index is 13.0. The molecule has 2 aromatic heterocycles. The highest BCUT2D eigenvalue weighted by molar-refractivity contribution is 5.91. The zero-order chi connectivity index (χ0) is 19.0. The van der Waals surface area contributed by atoms with Crippen LogP contribution in [0.25, 0.3) is 5.78 Å². The Morgan fingerprint density at radius 3 is 2.89 bits per heavy atom. The molecule has 3 aromatic rings. The molecule has 0 saturated carbocycles. The molecule has 1 amide bonds. The van der Waals surface area contributed by atoms with Crippen LogP contribution in [0, 0.1) is 6.92 Å². The second kappa shape index (κ2) is 6.79. The largest absolute Gasteiger partial charge is 0.478 e. The number of aromatic nitrogens is 4. The molecule has 1 unspecified atom stereocenters. The van der Waals surface area contributed by atoms with Gasteiger partial charge in [-0.2, -0.15) is 0 Å². The van der Waals surface area contributed by atoms with Crippen LogP contribution in [0.4, 0.5) is 0 Å². The molecule has 4 rings (SSSR count). The molecule has 3 heterocycles. The summed E-state index contributed by atoms with van der Waals surface area (Å²) in [4.78, 5) is 30.3. The van der Waals surface area contributed by atoms with Gasteiger partial charge in [-0.05, 0) is 43.5 Å². The quantitative estimate of drug-likeness (QED) is 0.763. The van der Waals surface area contributed by atoms with Crippen LogP contribution in [0.1, 0.15) is 51.0 Å². The first kappa shape index (κ1) is 17.1. The average molecular weight is 365 g/mol. The molecular weight excluding hydrogens is 346 g/mol. The summed E-state index contributed by atoms with van der Waals surface area (Å²) < 4.78 is 1.60. The number of carbonyl (C=O) groups is 2. The van der Waals surface area contributed by atoms with Crippen LogP contribution < -0.4 is 0 Å². The van der Waals surface area contributed by atoms with Crippen molar-refractivity contribution in [1.29, 1.82) is 0 Å². The summed E-state index contributed by atoms with van der Waals surface area (Å²) in [6.45, 7) is 3.02. The van der Waals surface area contributed by atoms with Crippen molar-refractivity contribution in [3.05, 3.63) is 59.2 Å². The number of fused-ring (bicyclic) bond motifs is 1. The van der Waals surface area contributed by atoms with Gasteiger partial charge in [0.2, 0.25) is 5.82 Å². The van der Waals surface area contributed by atoms with E-state index in [9.17, 15) is 14.7 Å². The Hall–Kier alpha value is -3.29. The topological polar surface area (TPSA) is 101 Å². The Bertz CT molecular complexity index is 1030. The van der Waals surface area contributed by atoms with Gasteiger partial charge in [0, 0.05) is 30.9 Å². The molecule has 1 N–H and O–H groups in total. The van der Waals surface area contributed by atoms with Gasteiger partial charge in [-0.15, -0.1) is 10.2 Å². The van der Waals surface area contributed by atoms with E-state index in [-0.39, 0.29) is 23.2 Å². The van der Waals surface area contributed by atoms with Crippen LogP contribution in [0.5, 0.6) is 0 Å².